The molecule has 1 rings (SSSR count). The van der Waals surface area contributed by atoms with E-state index in [4.69, 9.17) is 4.74 Å². The highest BCUT2D eigenvalue weighted by Gasteiger charge is 2.11. The van der Waals surface area contributed by atoms with Crippen LogP contribution >= 0.6 is 0 Å². The normalized spacial score (nSPS) is 12.2. The van der Waals surface area contributed by atoms with Crippen LogP contribution in [0.25, 0.3) is 0 Å². The predicted molar refractivity (Wildman–Crippen MR) is 62.8 cm³/mol. The zero-order valence-corrected chi connectivity index (χ0v) is 9.69. The zero-order chi connectivity index (χ0) is 12.1. The summed E-state index contributed by atoms with van der Waals surface area (Å²) in [6.07, 6.45) is 0. The minimum atomic E-state index is -0.374. The highest BCUT2D eigenvalue weighted by molar-refractivity contribution is 5.55. The van der Waals surface area contributed by atoms with Gasteiger partial charge in [0.1, 0.15) is 0 Å². The van der Waals surface area contributed by atoms with Gasteiger partial charge in [-0.25, -0.2) is 0 Å². The van der Waals surface area contributed by atoms with Crippen molar-refractivity contribution in [1.29, 1.82) is 0 Å². The van der Waals surface area contributed by atoms with Crippen LogP contribution in [0.5, 0.6) is 0 Å². The van der Waals surface area contributed by atoms with Crippen LogP contribution in [-0.2, 0) is 4.74 Å². The van der Waals surface area contributed by atoms with Crippen molar-refractivity contribution in [2.45, 2.75) is 19.9 Å². The van der Waals surface area contributed by atoms with Gasteiger partial charge in [0, 0.05) is 30.5 Å². The van der Waals surface area contributed by atoms with E-state index in [-0.39, 0.29) is 16.7 Å². The SMILES string of the molecule is COCC(C)Nc1ccc(C)c([N+](=O)[O-])c1. The van der Waals surface area contributed by atoms with E-state index in [2.05, 4.69) is 5.32 Å². The Morgan fingerprint density at radius 3 is 2.81 bits per heavy atom. The van der Waals surface area contributed by atoms with E-state index in [0.717, 1.165) is 5.69 Å². The average Bonchev–Trinajstić information content (AvgIpc) is 2.21. The fourth-order valence-corrected chi connectivity index (χ4v) is 1.47. The predicted octanol–water partition coefficient (Wildman–Crippen LogP) is 2.35. The molecule has 0 bridgehead atoms. The number of nitro groups is 1. The molecule has 88 valence electrons. The number of nitro benzene ring substituents is 1. The van der Waals surface area contributed by atoms with Gasteiger partial charge < -0.3 is 10.1 Å². The van der Waals surface area contributed by atoms with Crippen LogP contribution in [0.3, 0.4) is 0 Å². The van der Waals surface area contributed by atoms with Crippen molar-refractivity contribution in [1.82, 2.24) is 0 Å². The molecule has 0 amide bonds. The summed E-state index contributed by atoms with van der Waals surface area (Å²) in [5.41, 5.74) is 1.53. The first kappa shape index (κ1) is 12.4. The van der Waals surface area contributed by atoms with Crippen molar-refractivity contribution in [3.63, 3.8) is 0 Å². The molecular weight excluding hydrogens is 208 g/mol. The molecule has 1 aromatic carbocycles. The molecule has 1 aromatic rings. The molecule has 1 N–H and O–H groups in total. The number of anilines is 1. The number of methoxy groups -OCH3 is 1. The molecule has 0 aliphatic rings. The molecule has 0 radical (unpaired) electrons. The Labute approximate surface area is 94.6 Å². The second-order valence-corrected chi connectivity index (χ2v) is 3.76. The summed E-state index contributed by atoms with van der Waals surface area (Å²) in [4.78, 5) is 10.4. The van der Waals surface area contributed by atoms with E-state index in [9.17, 15) is 10.1 Å². The summed E-state index contributed by atoms with van der Waals surface area (Å²) in [5.74, 6) is 0. The van der Waals surface area contributed by atoms with Crippen LogP contribution in [0.15, 0.2) is 18.2 Å². The number of hydrogen-bond acceptors (Lipinski definition) is 4. The summed E-state index contributed by atoms with van der Waals surface area (Å²) < 4.78 is 4.98. The van der Waals surface area contributed by atoms with Gasteiger partial charge in [-0.05, 0) is 19.9 Å². The van der Waals surface area contributed by atoms with E-state index >= 15 is 0 Å². The Kier molecular flexibility index (Phi) is 4.25. The quantitative estimate of drug-likeness (QED) is 0.616. The molecule has 0 aromatic heterocycles. The van der Waals surface area contributed by atoms with Gasteiger partial charge in [0.2, 0.25) is 0 Å². The molecule has 16 heavy (non-hydrogen) atoms. The van der Waals surface area contributed by atoms with Crippen LogP contribution < -0.4 is 5.32 Å². The third-order valence-electron chi connectivity index (χ3n) is 2.24. The van der Waals surface area contributed by atoms with Gasteiger partial charge in [0.25, 0.3) is 5.69 Å². The third-order valence-corrected chi connectivity index (χ3v) is 2.24. The lowest BCUT2D eigenvalue weighted by Crippen LogP contribution is -2.20. The van der Waals surface area contributed by atoms with Crippen molar-refractivity contribution in [3.8, 4) is 0 Å². The van der Waals surface area contributed by atoms with Crippen molar-refractivity contribution in [2.75, 3.05) is 19.0 Å². The topological polar surface area (TPSA) is 64.4 Å². The first-order valence-electron chi connectivity index (χ1n) is 5.05. The van der Waals surface area contributed by atoms with E-state index in [1.165, 1.54) is 0 Å². The summed E-state index contributed by atoms with van der Waals surface area (Å²) in [7, 11) is 1.62. The number of rotatable bonds is 5. The molecule has 0 heterocycles. The highest BCUT2D eigenvalue weighted by Crippen LogP contribution is 2.22. The highest BCUT2D eigenvalue weighted by atomic mass is 16.6. The smallest absolute Gasteiger partial charge is 0.274 e. The van der Waals surface area contributed by atoms with Crippen LogP contribution in [0.2, 0.25) is 0 Å². The molecule has 0 aliphatic carbocycles. The molecule has 1 unspecified atom stereocenters. The number of nitrogens with zero attached hydrogens (tertiary/aromatic N) is 1. The Bertz CT molecular complexity index is 379. The minimum Gasteiger partial charge on any atom is -0.383 e. The molecule has 0 aliphatic heterocycles. The molecule has 1 atom stereocenters. The van der Waals surface area contributed by atoms with E-state index in [1.54, 1.807) is 26.2 Å². The van der Waals surface area contributed by atoms with Gasteiger partial charge in [0.15, 0.2) is 0 Å². The molecule has 0 saturated carbocycles. The van der Waals surface area contributed by atoms with Crippen LogP contribution in [-0.4, -0.2) is 24.7 Å². The first-order chi connectivity index (χ1) is 7.54. The molecule has 5 nitrogen and oxygen atoms in total. The largest absolute Gasteiger partial charge is 0.383 e. The Balaban J connectivity index is 2.82. The van der Waals surface area contributed by atoms with Crippen LogP contribution in [0.1, 0.15) is 12.5 Å². The fourth-order valence-electron chi connectivity index (χ4n) is 1.47. The Morgan fingerprint density at radius 2 is 2.25 bits per heavy atom. The van der Waals surface area contributed by atoms with Gasteiger partial charge in [-0.15, -0.1) is 0 Å². The van der Waals surface area contributed by atoms with Gasteiger partial charge in [-0.3, -0.25) is 10.1 Å². The maximum atomic E-state index is 10.7. The van der Waals surface area contributed by atoms with Crippen LogP contribution in [0, 0.1) is 17.0 Å². The van der Waals surface area contributed by atoms with Gasteiger partial charge in [0.05, 0.1) is 11.5 Å². The summed E-state index contributed by atoms with van der Waals surface area (Å²) in [5, 5.41) is 13.9. The lowest BCUT2D eigenvalue weighted by Gasteiger charge is -2.14. The first-order valence-corrected chi connectivity index (χ1v) is 5.05. The van der Waals surface area contributed by atoms with E-state index in [0.29, 0.717) is 12.2 Å². The van der Waals surface area contributed by atoms with Crippen molar-refractivity contribution in [3.05, 3.63) is 33.9 Å². The summed E-state index contributed by atoms with van der Waals surface area (Å²) in [6.45, 7) is 4.23. The van der Waals surface area contributed by atoms with Crippen molar-refractivity contribution in [2.24, 2.45) is 0 Å². The fraction of sp³-hybridized carbons (Fsp3) is 0.455. The Hall–Kier alpha value is -1.62. The number of ether oxygens (including phenoxy) is 1. The number of benzene rings is 1. The Morgan fingerprint density at radius 1 is 1.56 bits per heavy atom. The summed E-state index contributed by atoms with van der Waals surface area (Å²) >= 11 is 0. The maximum absolute atomic E-state index is 10.7. The standard InChI is InChI=1S/C11H16N2O3/c1-8-4-5-10(6-11(8)13(14)15)12-9(2)7-16-3/h4-6,9,12H,7H2,1-3H3. The van der Waals surface area contributed by atoms with Crippen LogP contribution in [0.4, 0.5) is 11.4 Å². The number of aryl methyl sites for hydroxylation is 1. The number of nitrogens with one attached hydrogen (secondary N) is 1. The molecular formula is C11H16N2O3. The molecule has 0 spiro atoms. The molecule has 0 saturated heterocycles. The lowest BCUT2D eigenvalue weighted by atomic mass is 10.2. The van der Waals surface area contributed by atoms with E-state index in [1.807, 2.05) is 13.0 Å². The van der Waals surface area contributed by atoms with Gasteiger partial charge >= 0.3 is 0 Å². The lowest BCUT2D eigenvalue weighted by molar-refractivity contribution is -0.385. The molecule has 0 fully saturated rings. The average molecular weight is 224 g/mol. The second kappa shape index (κ2) is 5.46. The third kappa shape index (κ3) is 3.20. The zero-order valence-electron chi connectivity index (χ0n) is 9.69. The van der Waals surface area contributed by atoms with E-state index < -0.39 is 0 Å². The van der Waals surface area contributed by atoms with Gasteiger partial charge in [-0.1, -0.05) is 6.07 Å². The number of hydrogen-bond donors (Lipinski definition) is 1. The van der Waals surface area contributed by atoms with Gasteiger partial charge in [-0.2, -0.15) is 0 Å². The monoisotopic (exact) mass is 224 g/mol. The van der Waals surface area contributed by atoms with Crippen molar-refractivity contribution < 1.29 is 9.66 Å². The molecule has 5 heteroatoms. The minimum absolute atomic E-state index is 0.118. The maximum Gasteiger partial charge on any atom is 0.274 e. The summed E-state index contributed by atoms with van der Waals surface area (Å²) in [6, 6.07) is 5.22. The van der Waals surface area contributed by atoms with Crippen molar-refractivity contribution >= 4 is 11.4 Å². The second-order valence-electron chi connectivity index (χ2n) is 3.76.